The van der Waals surface area contributed by atoms with Crippen LogP contribution >= 0.6 is 23.7 Å². The first-order valence-corrected chi connectivity index (χ1v) is 7.95. The van der Waals surface area contributed by atoms with Crippen molar-refractivity contribution in [2.75, 3.05) is 19.6 Å². The third kappa shape index (κ3) is 3.85. The van der Waals surface area contributed by atoms with Crippen LogP contribution in [0.2, 0.25) is 0 Å². The van der Waals surface area contributed by atoms with E-state index >= 15 is 0 Å². The first-order chi connectivity index (χ1) is 10.2. The Morgan fingerprint density at radius 1 is 1.41 bits per heavy atom. The highest BCUT2D eigenvalue weighted by atomic mass is 35.5. The Kier molecular flexibility index (Phi) is 5.94. The van der Waals surface area contributed by atoms with Gasteiger partial charge in [-0.2, -0.15) is 11.3 Å². The number of hydrogen-bond donors (Lipinski definition) is 1. The van der Waals surface area contributed by atoms with E-state index in [1.54, 1.807) is 17.4 Å². The summed E-state index contributed by atoms with van der Waals surface area (Å²) in [5.74, 6) is -0.160. The monoisotopic (exact) mass is 340 g/mol. The number of carbonyl (C=O) groups excluding carboxylic acids is 1. The summed E-state index contributed by atoms with van der Waals surface area (Å²) < 4.78 is 13.4. The second-order valence-electron chi connectivity index (χ2n) is 5.17. The fourth-order valence-electron chi connectivity index (χ4n) is 2.68. The van der Waals surface area contributed by atoms with Crippen molar-refractivity contribution in [3.8, 4) is 0 Å². The average Bonchev–Trinajstić information content (AvgIpc) is 3.00. The van der Waals surface area contributed by atoms with Crippen LogP contribution in [-0.4, -0.2) is 30.4 Å². The smallest absolute Gasteiger partial charge is 0.227 e. The molecule has 0 bridgehead atoms. The maximum absolute atomic E-state index is 13.4. The second kappa shape index (κ2) is 7.72. The van der Waals surface area contributed by atoms with Crippen molar-refractivity contribution in [3.05, 3.63) is 58.0 Å². The number of benzene rings is 1. The zero-order valence-corrected chi connectivity index (χ0v) is 13.6. The molecule has 1 aliphatic rings. The highest BCUT2D eigenvalue weighted by Crippen LogP contribution is 2.24. The molecule has 1 saturated heterocycles. The molecule has 0 aliphatic carbocycles. The molecule has 1 N–H and O–H groups in total. The van der Waals surface area contributed by atoms with E-state index in [0.717, 1.165) is 17.7 Å². The summed E-state index contributed by atoms with van der Waals surface area (Å²) in [6.07, 6.45) is 0.412. The van der Waals surface area contributed by atoms with E-state index in [1.165, 1.54) is 12.1 Å². The van der Waals surface area contributed by atoms with Gasteiger partial charge >= 0.3 is 0 Å². The van der Waals surface area contributed by atoms with Gasteiger partial charge in [-0.1, -0.05) is 12.1 Å². The minimum absolute atomic E-state index is 0. The van der Waals surface area contributed by atoms with E-state index in [-0.39, 0.29) is 30.2 Å². The van der Waals surface area contributed by atoms with Crippen molar-refractivity contribution in [1.29, 1.82) is 0 Å². The SMILES string of the molecule is Cl.O=C(Cc1ccsc1)N1CCNCC1c1cccc(F)c1. The number of amides is 1. The zero-order chi connectivity index (χ0) is 14.7. The molecule has 118 valence electrons. The summed E-state index contributed by atoms with van der Waals surface area (Å²) in [4.78, 5) is 14.4. The van der Waals surface area contributed by atoms with Crippen molar-refractivity contribution < 1.29 is 9.18 Å². The molecule has 1 unspecified atom stereocenters. The minimum atomic E-state index is -0.261. The molecular weight excluding hydrogens is 323 g/mol. The Labute approximate surface area is 139 Å². The number of hydrogen-bond acceptors (Lipinski definition) is 3. The average molecular weight is 341 g/mol. The van der Waals surface area contributed by atoms with Crippen LogP contribution in [0.1, 0.15) is 17.2 Å². The number of piperazine rings is 1. The lowest BCUT2D eigenvalue weighted by Crippen LogP contribution is -2.49. The maximum Gasteiger partial charge on any atom is 0.227 e. The normalized spacial score (nSPS) is 17.9. The molecule has 22 heavy (non-hydrogen) atoms. The maximum atomic E-state index is 13.4. The Morgan fingerprint density at radius 3 is 3.00 bits per heavy atom. The molecule has 3 rings (SSSR count). The van der Waals surface area contributed by atoms with Gasteiger partial charge in [0.05, 0.1) is 12.5 Å². The Hall–Kier alpha value is -1.43. The van der Waals surface area contributed by atoms with E-state index in [0.29, 0.717) is 19.5 Å². The van der Waals surface area contributed by atoms with Crippen molar-refractivity contribution in [2.45, 2.75) is 12.5 Å². The van der Waals surface area contributed by atoms with Gasteiger partial charge in [-0.3, -0.25) is 4.79 Å². The lowest BCUT2D eigenvalue weighted by Gasteiger charge is -2.36. The fraction of sp³-hybridized carbons (Fsp3) is 0.312. The van der Waals surface area contributed by atoms with Crippen LogP contribution in [0.4, 0.5) is 4.39 Å². The lowest BCUT2D eigenvalue weighted by molar-refractivity contribution is -0.133. The van der Waals surface area contributed by atoms with Gasteiger partial charge < -0.3 is 10.2 Å². The number of thiophene rings is 1. The summed E-state index contributed by atoms with van der Waals surface area (Å²) in [6.45, 7) is 2.10. The van der Waals surface area contributed by atoms with Crippen LogP contribution in [0.25, 0.3) is 0 Å². The van der Waals surface area contributed by atoms with Crippen molar-refractivity contribution in [2.24, 2.45) is 0 Å². The number of nitrogens with zero attached hydrogens (tertiary/aromatic N) is 1. The predicted molar refractivity (Wildman–Crippen MR) is 89.0 cm³/mol. The number of carbonyl (C=O) groups is 1. The molecule has 2 heterocycles. The van der Waals surface area contributed by atoms with Crippen molar-refractivity contribution in [1.82, 2.24) is 10.2 Å². The van der Waals surface area contributed by atoms with Crippen LogP contribution in [0.15, 0.2) is 41.1 Å². The van der Waals surface area contributed by atoms with E-state index in [4.69, 9.17) is 0 Å². The standard InChI is InChI=1S/C16H17FN2OS.ClH/c17-14-3-1-2-13(9-14)15-10-18-5-6-19(15)16(20)8-12-4-7-21-11-12;/h1-4,7,9,11,15,18H,5-6,8,10H2;1H. The molecular formula is C16H18ClFN2OS. The van der Waals surface area contributed by atoms with Gasteiger partial charge in [0.15, 0.2) is 0 Å². The fourth-order valence-corrected chi connectivity index (χ4v) is 3.35. The van der Waals surface area contributed by atoms with Crippen LogP contribution < -0.4 is 5.32 Å². The molecule has 0 saturated carbocycles. The van der Waals surface area contributed by atoms with Gasteiger partial charge in [-0.15, -0.1) is 12.4 Å². The van der Waals surface area contributed by atoms with E-state index in [1.807, 2.05) is 27.8 Å². The molecule has 1 aliphatic heterocycles. The van der Waals surface area contributed by atoms with Crippen LogP contribution in [-0.2, 0) is 11.2 Å². The van der Waals surface area contributed by atoms with E-state index in [9.17, 15) is 9.18 Å². The number of rotatable bonds is 3. The summed E-state index contributed by atoms with van der Waals surface area (Å²) in [6, 6.07) is 8.40. The van der Waals surface area contributed by atoms with Gasteiger partial charge in [0.1, 0.15) is 5.82 Å². The third-order valence-corrected chi connectivity index (χ3v) is 4.46. The topological polar surface area (TPSA) is 32.3 Å². The quantitative estimate of drug-likeness (QED) is 0.931. The number of halogens is 2. The molecule has 0 radical (unpaired) electrons. The van der Waals surface area contributed by atoms with Gasteiger partial charge in [-0.05, 0) is 40.1 Å². The van der Waals surface area contributed by atoms with Crippen LogP contribution in [0, 0.1) is 5.82 Å². The van der Waals surface area contributed by atoms with Gasteiger partial charge in [0.2, 0.25) is 5.91 Å². The molecule has 1 aromatic heterocycles. The summed E-state index contributed by atoms with van der Waals surface area (Å²) in [7, 11) is 0. The Balaban J connectivity index is 0.00000176. The van der Waals surface area contributed by atoms with Gasteiger partial charge in [0, 0.05) is 19.6 Å². The largest absolute Gasteiger partial charge is 0.333 e. The summed E-state index contributed by atoms with van der Waals surface area (Å²) >= 11 is 1.59. The molecule has 1 amide bonds. The third-order valence-electron chi connectivity index (χ3n) is 3.73. The van der Waals surface area contributed by atoms with E-state index in [2.05, 4.69) is 5.32 Å². The zero-order valence-electron chi connectivity index (χ0n) is 12.0. The van der Waals surface area contributed by atoms with Crippen LogP contribution in [0.5, 0.6) is 0 Å². The first-order valence-electron chi connectivity index (χ1n) is 7.01. The predicted octanol–water partition coefficient (Wildman–Crippen LogP) is 3.02. The lowest BCUT2D eigenvalue weighted by atomic mass is 10.0. The number of nitrogens with one attached hydrogen (secondary N) is 1. The van der Waals surface area contributed by atoms with E-state index < -0.39 is 0 Å². The molecule has 6 heteroatoms. The molecule has 2 aromatic rings. The van der Waals surface area contributed by atoms with Crippen molar-refractivity contribution >= 4 is 29.7 Å². The summed E-state index contributed by atoms with van der Waals surface area (Å²) in [5, 5.41) is 7.26. The highest BCUT2D eigenvalue weighted by Gasteiger charge is 2.27. The second-order valence-corrected chi connectivity index (χ2v) is 5.95. The Bertz CT molecular complexity index is 620. The van der Waals surface area contributed by atoms with Crippen LogP contribution in [0.3, 0.4) is 0 Å². The highest BCUT2D eigenvalue weighted by molar-refractivity contribution is 7.07. The molecule has 3 nitrogen and oxygen atoms in total. The molecule has 1 fully saturated rings. The van der Waals surface area contributed by atoms with Crippen molar-refractivity contribution in [3.63, 3.8) is 0 Å². The molecule has 0 spiro atoms. The first kappa shape index (κ1) is 16.9. The molecule has 1 aromatic carbocycles. The summed E-state index contributed by atoms with van der Waals surface area (Å²) in [5.41, 5.74) is 1.89. The Morgan fingerprint density at radius 2 is 2.27 bits per heavy atom. The minimum Gasteiger partial charge on any atom is -0.333 e. The van der Waals surface area contributed by atoms with Gasteiger partial charge in [-0.25, -0.2) is 4.39 Å². The molecule has 1 atom stereocenters. The van der Waals surface area contributed by atoms with Gasteiger partial charge in [0.25, 0.3) is 0 Å².